The van der Waals surface area contributed by atoms with Gasteiger partial charge in [0.1, 0.15) is 5.75 Å². The van der Waals surface area contributed by atoms with E-state index in [1.165, 1.54) is 18.3 Å². The van der Waals surface area contributed by atoms with Crippen LogP contribution in [-0.2, 0) is 6.42 Å². The maximum atomic E-state index is 10.7. The van der Waals surface area contributed by atoms with Crippen molar-refractivity contribution in [2.24, 2.45) is 0 Å². The lowest BCUT2D eigenvalue weighted by molar-refractivity contribution is 0.0696. The molecule has 5 nitrogen and oxygen atoms in total. The number of hydrogen-bond acceptors (Lipinski definition) is 4. The standard InChI is InChI=1S/C14H13NO4/c16-8-7-10-1-4-12(5-2-10)19-13-6-3-11(9-15-13)14(17)18/h1-6,9,16H,7-8H2,(H,17,18). The molecule has 0 spiro atoms. The number of rotatable bonds is 5. The third-order valence-corrected chi connectivity index (χ3v) is 2.53. The number of carboxylic acid groups (broad SMARTS) is 1. The van der Waals surface area contributed by atoms with Crippen LogP contribution in [0.25, 0.3) is 0 Å². The van der Waals surface area contributed by atoms with Gasteiger partial charge in [0.05, 0.1) is 5.56 Å². The van der Waals surface area contributed by atoms with Crippen molar-refractivity contribution in [3.63, 3.8) is 0 Å². The summed E-state index contributed by atoms with van der Waals surface area (Å²) in [6.07, 6.45) is 1.85. The van der Waals surface area contributed by atoms with Gasteiger partial charge in [0.25, 0.3) is 0 Å². The Balaban J connectivity index is 2.06. The lowest BCUT2D eigenvalue weighted by Gasteiger charge is -2.05. The van der Waals surface area contributed by atoms with Gasteiger partial charge in [-0.25, -0.2) is 9.78 Å². The van der Waals surface area contributed by atoms with Gasteiger partial charge < -0.3 is 14.9 Å². The molecule has 0 fully saturated rings. The minimum atomic E-state index is -1.02. The number of carbonyl (C=O) groups is 1. The van der Waals surface area contributed by atoms with E-state index in [-0.39, 0.29) is 12.2 Å². The van der Waals surface area contributed by atoms with E-state index in [0.29, 0.717) is 18.1 Å². The van der Waals surface area contributed by atoms with E-state index in [0.717, 1.165) is 5.56 Å². The quantitative estimate of drug-likeness (QED) is 0.859. The van der Waals surface area contributed by atoms with Gasteiger partial charge in [-0.15, -0.1) is 0 Å². The Hall–Kier alpha value is -2.40. The first-order valence-electron chi connectivity index (χ1n) is 5.76. The summed E-state index contributed by atoms with van der Waals surface area (Å²) >= 11 is 0. The second-order valence-electron chi connectivity index (χ2n) is 3.91. The number of aromatic carboxylic acids is 1. The van der Waals surface area contributed by atoms with Gasteiger partial charge in [-0.3, -0.25) is 0 Å². The topological polar surface area (TPSA) is 79.7 Å². The van der Waals surface area contributed by atoms with Crippen LogP contribution in [0.1, 0.15) is 15.9 Å². The van der Waals surface area contributed by atoms with Crippen molar-refractivity contribution in [2.75, 3.05) is 6.61 Å². The number of aromatic nitrogens is 1. The van der Waals surface area contributed by atoms with Crippen LogP contribution in [0.15, 0.2) is 42.6 Å². The van der Waals surface area contributed by atoms with Gasteiger partial charge in [0, 0.05) is 18.9 Å². The van der Waals surface area contributed by atoms with E-state index in [4.69, 9.17) is 14.9 Å². The van der Waals surface area contributed by atoms with E-state index < -0.39 is 5.97 Å². The molecular formula is C14H13NO4. The second kappa shape index (κ2) is 5.97. The highest BCUT2D eigenvalue weighted by Gasteiger charge is 2.04. The molecule has 0 aliphatic rings. The summed E-state index contributed by atoms with van der Waals surface area (Å²) in [7, 11) is 0. The molecule has 0 bridgehead atoms. The third kappa shape index (κ3) is 3.53. The minimum Gasteiger partial charge on any atom is -0.478 e. The Kier molecular flexibility index (Phi) is 4.10. The predicted molar refractivity (Wildman–Crippen MR) is 68.5 cm³/mol. The van der Waals surface area contributed by atoms with Crippen molar-refractivity contribution in [3.8, 4) is 11.6 Å². The zero-order valence-corrected chi connectivity index (χ0v) is 10.1. The summed E-state index contributed by atoms with van der Waals surface area (Å²) in [5.41, 5.74) is 1.13. The Bertz CT molecular complexity index is 549. The number of nitrogens with zero attached hydrogens (tertiary/aromatic N) is 1. The predicted octanol–water partition coefficient (Wildman–Crippen LogP) is 2.11. The van der Waals surface area contributed by atoms with Crippen LogP contribution >= 0.6 is 0 Å². The largest absolute Gasteiger partial charge is 0.478 e. The molecule has 0 saturated carbocycles. The molecule has 2 rings (SSSR count). The summed E-state index contributed by atoms with van der Waals surface area (Å²) < 4.78 is 5.48. The van der Waals surface area contributed by atoms with Crippen molar-refractivity contribution < 1.29 is 19.7 Å². The van der Waals surface area contributed by atoms with Crippen molar-refractivity contribution in [1.29, 1.82) is 0 Å². The zero-order valence-electron chi connectivity index (χ0n) is 10.1. The van der Waals surface area contributed by atoms with Crippen molar-refractivity contribution in [3.05, 3.63) is 53.7 Å². The van der Waals surface area contributed by atoms with Gasteiger partial charge >= 0.3 is 5.97 Å². The maximum absolute atomic E-state index is 10.7. The molecule has 5 heteroatoms. The number of benzene rings is 1. The summed E-state index contributed by atoms with van der Waals surface area (Å²) in [4.78, 5) is 14.6. The average Bonchev–Trinajstić information content (AvgIpc) is 2.42. The van der Waals surface area contributed by atoms with Crippen LogP contribution in [0.3, 0.4) is 0 Å². The fourth-order valence-corrected chi connectivity index (χ4v) is 1.54. The van der Waals surface area contributed by atoms with Gasteiger partial charge in [-0.1, -0.05) is 12.1 Å². The van der Waals surface area contributed by atoms with Crippen LogP contribution in [0.4, 0.5) is 0 Å². The van der Waals surface area contributed by atoms with Gasteiger partial charge in [0.2, 0.25) is 5.88 Å². The van der Waals surface area contributed by atoms with Crippen LogP contribution in [-0.4, -0.2) is 27.8 Å². The summed E-state index contributed by atoms with van der Waals surface area (Å²) in [5.74, 6) is -0.0791. The van der Waals surface area contributed by atoms with E-state index in [1.807, 2.05) is 12.1 Å². The number of hydrogen-bond donors (Lipinski definition) is 2. The Morgan fingerprint density at radius 2 is 1.89 bits per heavy atom. The van der Waals surface area contributed by atoms with Crippen LogP contribution < -0.4 is 4.74 Å². The highest BCUT2D eigenvalue weighted by molar-refractivity contribution is 5.87. The normalized spacial score (nSPS) is 10.2. The first-order chi connectivity index (χ1) is 9.19. The number of aliphatic hydroxyl groups excluding tert-OH is 1. The maximum Gasteiger partial charge on any atom is 0.337 e. The average molecular weight is 259 g/mol. The number of carboxylic acids is 1. The second-order valence-corrected chi connectivity index (χ2v) is 3.91. The van der Waals surface area contributed by atoms with Crippen molar-refractivity contribution in [1.82, 2.24) is 4.98 Å². The molecule has 2 N–H and O–H groups in total. The van der Waals surface area contributed by atoms with E-state index >= 15 is 0 Å². The molecule has 2 aromatic rings. The number of aliphatic hydroxyl groups is 1. The van der Waals surface area contributed by atoms with Crippen molar-refractivity contribution >= 4 is 5.97 Å². The molecule has 0 radical (unpaired) electrons. The van der Waals surface area contributed by atoms with Crippen molar-refractivity contribution in [2.45, 2.75) is 6.42 Å². The molecule has 1 aromatic heterocycles. The highest BCUT2D eigenvalue weighted by atomic mass is 16.5. The molecule has 1 heterocycles. The molecule has 0 aliphatic heterocycles. The number of ether oxygens (including phenoxy) is 1. The molecule has 98 valence electrons. The lowest BCUT2D eigenvalue weighted by atomic mass is 10.1. The first kappa shape index (κ1) is 13.0. The van der Waals surface area contributed by atoms with Gasteiger partial charge in [0.15, 0.2) is 0 Å². The summed E-state index contributed by atoms with van der Waals surface area (Å²) in [6.45, 7) is 0.110. The van der Waals surface area contributed by atoms with Gasteiger partial charge in [-0.05, 0) is 30.2 Å². The SMILES string of the molecule is O=C(O)c1ccc(Oc2ccc(CCO)cc2)nc1. The van der Waals surface area contributed by atoms with Crippen LogP contribution in [0.2, 0.25) is 0 Å². The Labute approximate surface area is 110 Å². The molecule has 0 saturated heterocycles. The van der Waals surface area contributed by atoms with E-state index in [1.54, 1.807) is 12.1 Å². The molecule has 1 aromatic carbocycles. The monoisotopic (exact) mass is 259 g/mol. The molecule has 0 atom stereocenters. The highest BCUT2D eigenvalue weighted by Crippen LogP contribution is 2.20. The molecule has 0 unspecified atom stereocenters. The third-order valence-electron chi connectivity index (χ3n) is 2.53. The molecule has 0 aliphatic carbocycles. The fraction of sp³-hybridized carbons (Fsp3) is 0.143. The molecule has 19 heavy (non-hydrogen) atoms. The van der Waals surface area contributed by atoms with E-state index in [2.05, 4.69) is 4.98 Å². The Morgan fingerprint density at radius 3 is 2.42 bits per heavy atom. The fourth-order valence-electron chi connectivity index (χ4n) is 1.54. The minimum absolute atomic E-state index is 0.110. The molecular weight excluding hydrogens is 246 g/mol. The van der Waals surface area contributed by atoms with Crippen LogP contribution in [0.5, 0.6) is 11.6 Å². The zero-order chi connectivity index (χ0) is 13.7. The summed E-state index contributed by atoms with van der Waals surface area (Å²) in [5, 5.41) is 17.6. The summed E-state index contributed by atoms with van der Waals surface area (Å²) in [6, 6.07) is 10.2. The lowest BCUT2D eigenvalue weighted by Crippen LogP contribution is -1.97. The van der Waals surface area contributed by atoms with E-state index in [9.17, 15) is 4.79 Å². The van der Waals surface area contributed by atoms with Crippen LogP contribution in [0, 0.1) is 0 Å². The first-order valence-corrected chi connectivity index (χ1v) is 5.76. The molecule has 0 amide bonds. The Morgan fingerprint density at radius 1 is 1.16 bits per heavy atom. The number of pyridine rings is 1. The van der Waals surface area contributed by atoms with Gasteiger partial charge in [-0.2, -0.15) is 0 Å². The smallest absolute Gasteiger partial charge is 0.337 e.